The SMILES string of the molecule is CN(C)C(=O)COc1ccsc1C(=O)O. The summed E-state index contributed by atoms with van der Waals surface area (Å²) in [6.45, 7) is -0.149. The Morgan fingerprint density at radius 2 is 2.20 bits per heavy atom. The highest BCUT2D eigenvalue weighted by Gasteiger charge is 2.14. The zero-order valence-electron chi connectivity index (χ0n) is 8.39. The van der Waals surface area contributed by atoms with Crippen molar-refractivity contribution in [2.45, 2.75) is 0 Å². The van der Waals surface area contributed by atoms with Gasteiger partial charge in [-0.25, -0.2) is 4.79 Å². The molecule has 1 amide bonds. The summed E-state index contributed by atoms with van der Waals surface area (Å²) in [6.07, 6.45) is 0. The molecule has 6 heteroatoms. The quantitative estimate of drug-likeness (QED) is 0.833. The molecule has 0 aromatic carbocycles. The average molecular weight is 229 g/mol. The molecule has 1 aromatic heterocycles. The summed E-state index contributed by atoms with van der Waals surface area (Å²) in [5, 5.41) is 10.4. The second-order valence-electron chi connectivity index (χ2n) is 3.00. The topological polar surface area (TPSA) is 66.8 Å². The molecule has 0 atom stereocenters. The number of rotatable bonds is 4. The first-order chi connectivity index (χ1) is 7.02. The molecule has 1 heterocycles. The van der Waals surface area contributed by atoms with E-state index < -0.39 is 5.97 Å². The minimum Gasteiger partial charge on any atom is -0.482 e. The van der Waals surface area contributed by atoms with Crippen LogP contribution in [0.1, 0.15) is 9.67 Å². The minimum absolute atomic E-state index is 0.113. The highest BCUT2D eigenvalue weighted by atomic mass is 32.1. The van der Waals surface area contributed by atoms with Gasteiger partial charge in [-0.3, -0.25) is 4.79 Å². The van der Waals surface area contributed by atoms with E-state index in [0.29, 0.717) is 0 Å². The van der Waals surface area contributed by atoms with Crippen LogP contribution in [0.5, 0.6) is 5.75 Å². The largest absolute Gasteiger partial charge is 0.482 e. The maximum atomic E-state index is 11.2. The monoisotopic (exact) mass is 229 g/mol. The van der Waals surface area contributed by atoms with E-state index in [1.54, 1.807) is 19.5 Å². The summed E-state index contributed by atoms with van der Waals surface area (Å²) >= 11 is 1.07. The molecule has 0 saturated carbocycles. The molecule has 0 radical (unpaired) electrons. The second-order valence-corrected chi connectivity index (χ2v) is 3.91. The standard InChI is InChI=1S/C9H11NO4S/c1-10(2)7(11)5-14-6-3-4-15-8(6)9(12)13/h3-4H,5H2,1-2H3,(H,12,13). The molecule has 1 N–H and O–H groups in total. The molecule has 0 aliphatic carbocycles. The van der Waals surface area contributed by atoms with Crippen LogP contribution in [0.2, 0.25) is 0 Å². The van der Waals surface area contributed by atoms with E-state index in [1.165, 1.54) is 11.0 Å². The number of amides is 1. The second kappa shape index (κ2) is 4.79. The van der Waals surface area contributed by atoms with Gasteiger partial charge in [-0.15, -0.1) is 11.3 Å². The van der Waals surface area contributed by atoms with Gasteiger partial charge in [-0.1, -0.05) is 0 Å². The van der Waals surface area contributed by atoms with Gasteiger partial charge in [0.15, 0.2) is 11.5 Å². The Labute approximate surface area is 90.9 Å². The van der Waals surface area contributed by atoms with E-state index >= 15 is 0 Å². The number of carbonyl (C=O) groups excluding carboxylic acids is 1. The van der Waals surface area contributed by atoms with Crippen LogP contribution in [0.3, 0.4) is 0 Å². The maximum absolute atomic E-state index is 11.2. The molecule has 0 aliphatic heterocycles. The van der Waals surface area contributed by atoms with Crippen molar-refractivity contribution in [2.75, 3.05) is 20.7 Å². The zero-order valence-corrected chi connectivity index (χ0v) is 9.21. The molecule has 0 unspecified atom stereocenters. The number of ether oxygens (including phenoxy) is 1. The van der Waals surface area contributed by atoms with Crippen LogP contribution in [0, 0.1) is 0 Å². The Balaban J connectivity index is 2.62. The predicted molar refractivity (Wildman–Crippen MR) is 55.5 cm³/mol. The lowest BCUT2D eigenvalue weighted by atomic mass is 10.4. The molecule has 1 aromatic rings. The molecule has 1 rings (SSSR count). The first kappa shape index (κ1) is 11.5. The summed E-state index contributed by atoms with van der Waals surface area (Å²) < 4.78 is 5.10. The molecular weight excluding hydrogens is 218 g/mol. The van der Waals surface area contributed by atoms with Gasteiger partial charge in [0.1, 0.15) is 5.75 Å². The number of thiophene rings is 1. The molecule has 0 saturated heterocycles. The fourth-order valence-corrected chi connectivity index (χ4v) is 1.51. The van der Waals surface area contributed by atoms with E-state index in [0.717, 1.165) is 11.3 Å². The van der Waals surface area contributed by atoms with Crippen molar-refractivity contribution in [3.63, 3.8) is 0 Å². The van der Waals surface area contributed by atoms with Crippen molar-refractivity contribution in [2.24, 2.45) is 0 Å². The Bertz CT molecular complexity index is 372. The number of hydrogen-bond acceptors (Lipinski definition) is 4. The van der Waals surface area contributed by atoms with Gasteiger partial charge in [-0.2, -0.15) is 0 Å². The number of hydrogen-bond donors (Lipinski definition) is 1. The minimum atomic E-state index is -1.04. The van der Waals surface area contributed by atoms with Crippen molar-refractivity contribution in [1.82, 2.24) is 4.90 Å². The van der Waals surface area contributed by atoms with Crippen LogP contribution < -0.4 is 4.74 Å². The first-order valence-corrected chi connectivity index (χ1v) is 5.04. The number of aromatic carboxylic acids is 1. The number of carbonyl (C=O) groups is 2. The molecule has 5 nitrogen and oxygen atoms in total. The average Bonchev–Trinajstić information content (AvgIpc) is 2.61. The van der Waals surface area contributed by atoms with E-state index in [1.807, 2.05) is 0 Å². The number of likely N-dealkylation sites (N-methyl/N-ethyl adjacent to an activating group) is 1. The van der Waals surface area contributed by atoms with Gasteiger partial charge in [0.25, 0.3) is 5.91 Å². The molecule has 0 aliphatic rings. The Morgan fingerprint density at radius 3 is 2.73 bits per heavy atom. The number of nitrogens with zero attached hydrogens (tertiary/aromatic N) is 1. The van der Waals surface area contributed by atoms with Crippen molar-refractivity contribution < 1.29 is 19.4 Å². The highest BCUT2D eigenvalue weighted by Crippen LogP contribution is 2.24. The lowest BCUT2D eigenvalue weighted by Crippen LogP contribution is -2.27. The number of carboxylic acid groups (broad SMARTS) is 1. The Morgan fingerprint density at radius 1 is 1.53 bits per heavy atom. The summed E-state index contributed by atoms with van der Waals surface area (Å²) in [6, 6.07) is 1.54. The summed E-state index contributed by atoms with van der Waals surface area (Å²) in [5.41, 5.74) is 0. The van der Waals surface area contributed by atoms with Crippen molar-refractivity contribution >= 4 is 23.2 Å². The molecule has 0 fully saturated rings. The normalized spacial score (nSPS) is 9.73. The van der Waals surface area contributed by atoms with Gasteiger partial charge in [0.2, 0.25) is 0 Å². The smallest absolute Gasteiger partial charge is 0.349 e. The van der Waals surface area contributed by atoms with Crippen LogP contribution >= 0.6 is 11.3 Å². The fraction of sp³-hybridized carbons (Fsp3) is 0.333. The van der Waals surface area contributed by atoms with E-state index in [9.17, 15) is 9.59 Å². The first-order valence-electron chi connectivity index (χ1n) is 4.16. The van der Waals surface area contributed by atoms with Crippen molar-refractivity contribution in [3.05, 3.63) is 16.3 Å². The van der Waals surface area contributed by atoms with Gasteiger partial charge >= 0.3 is 5.97 Å². The number of carboxylic acids is 1. The van der Waals surface area contributed by atoms with Gasteiger partial charge in [0.05, 0.1) is 0 Å². The molecule has 0 bridgehead atoms. The van der Waals surface area contributed by atoms with Gasteiger partial charge < -0.3 is 14.7 Å². The zero-order chi connectivity index (χ0) is 11.4. The summed E-state index contributed by atoms with van der Waals surface area (Å²) in [7, 11) is 3.22. The van der Waals surface area contributed by atoms with Crippen LogP contribution in [-0.4, -0.2) is 42.6 Å². The maximum Gasteiger partial charge on any atom is 0.349 e. The lowest BCUT2D eigenvalue weighted by Gasteiger charge is -2.10. The molecule has 82 valence electrons. The summed E-state index contributed by atoms with van der Waals surface area (Å²) in [5.74, 6) is -1.02. The van der Waals surface area contributed by atoms with E-state index in [-0.39, 0.29) is 23.1 Å². The van der Waals surface area contributed by atoms with Crippen molar-refractivity contribution in [1.29, 1.82) is 0 Å². The van der Waals surface area contributed by atoms with Crippen molar-refractivity contribution in [3.8, 4) is 5.75 Å². The predicted octanol–water partition coefficient (Wildman–Crippen LogP) is 0.913. The van der Waals surface area contributed by atoms with E-state index in [4.69, 9.17) is 9.84 Å². The van der Waals surface area contributed by atoms with Crippen LogP contribution in [-0.2, 0) is 4.79 Å². The molecule has 15 heavy (non-hydrogen) atoms. The van der Waals surface area contributed by atoms with Crippen LogP contribution in [0.25, 0.3) is 0 Å². The lowest BCUT2D eigenvalue weighted by molar-refractivity contribution is -0.130. The summed E-state index contributed by atoms with van der Waals surface area (Å²) in [4.78, 5) is 23.4. The highest BCUT2D eigenvalue weighted by molar-refractivity contribution is 7.12. The Hall–Kier alpha value is -1.56. The third-order valence-electron chi connectivity index (χ3n) is 1.67. The van der Waals surface area contributed by atoms with Gasteiger partial charge in [-0.05, 0) is 11.4 Å². The molecule has 0 spiro atoms. The Kier molecular flexibility index (Phi) is 3.68. The van der Waals surface area contributed by atoms with Crippen LogP contribution in [0.15, 0.2) is 11.4 Å². The third kappa shape index (κ3) is 2.95. The van der Waals surface area contributed by atoms with Crippen LogP contribution in [0.4, 0.5) is 0 Å². The fourth-order valence-electron chi connectivity index (χ4n) is 0.836. The molecular formula is C9H11NO4S. The van der Waals surface area contributed by atoms with Gasteiger partial charge in [0, 0.05) is 14.1 Å². The third-order valence-corrected chi connectivity index (χ3v) is 2.56. The van der Waals surface area contributed by atoms with E-state index in [2.05, 4.69) is 0 Å².